The smallest absolute Gasteiger partial charge is 0.226 e. The van der Waals surface area contributed by atoms with Gasteiger partial charge in [0, 0.05) is 44.5 Å². The molecule has 2 atom stereocenters. The van der Waals surface area contributed by atoms with Crippen LogP contribution in [0.3, 0.4) is 0 Å². The first-order valence-corrected chi connectivity index (χ1v) is 8.99. The van der Waals surface area contributed by atoms with Crippen molar-refractivity contribution in [3.63, 3.8) is 0 Å². The van der Waals surface area contributed by atoms with Crippen LogP contribution in [-0.4, -0.2) is 59.1 Å². The molecule has 1 amide bonds. The number of carbonyl (C=O) groups excluding carboxylic acids is 1. The molecule has 5 nitrogen and oxygen atoms in total. The zero-order valence-corrected chi connectivity index (χ0v) is 14.0. The summed E-state index contributed by atoms with van der Waals surface area (Å²) in [6, 6.07) is 4.40. The van der Waals surface area contributed by atoms with Crippen LogP contribution in [0.5, 0.6) is 0 Å². The first-order chi connectivity index (χ1) is 11.8. The second-order valence-corrected chi connectivity index (χ2v) is 7.02. The molecule has 1 aromatic heterocycles. The Balaban J connectivity index is 1.44. The Hall–Kier alpha value is -1.72. The van der Waals surface area contributed by atoms with Gasteiger partial charge >= 0.3 is 0 Å². The molecule has 1 aromatic rings. The number of allylic oxidation sites excluding steroid dienone is 2. The lowest BCUT2D eigenvalue weighted by molar-refractivity contribution is -0.147. The van der Waals surface area contributed by atoms with Crippen molar-refractivity contribution < 1.29 is 9.53 Å². The Morgan fingerprint density at radius 2 is 2.17 bits per heavy atom. The monoisotopic (exact) mass is 327 g/mol. The van der Waals surface area contributed by atoms with Crippen molar-refractivity contribution in [1.29, 1.82) is 0 Å². The highest BCUT2D eigenvalue weighted by Gasteiger charge is 2.39. The molecule has 4 rings (SSSR count). The summed E-state index contributed by atoms with van der Waals surface area (Å²) in [5.74, 6) is 0.489. The average molecular weight is 327 g/mol. The van der Waals surface area contributed by atoms with Crippen molar-refractivity contribution in [1.82, 2.24) is 14.8 Å². The van der Waals surface area contributed by atoms with E-state index in [0.29, 0.717) is 11.9 Å². The van der Waals surface area contributed by atoms with Crippen LogP contribution in [-0.2, 0) is 16.1 Å². The van der Waals surface area contributed by atoms with Crippen LogP contribution >= 0.6 is 0 Å². The van der Waals surface area contributed by atoms with Crippen LogP contribution < -0.4 is 0 Å². The maximum Gasteiger partial charge on any atom is 0.226 e. The number of pyridine rings is 1. The maximum atomic E-state index is 12.8. The van der Waals surface area contributed by atoms with E-state index in [4.69, 9.17) is 4.74 Å². The largest absolute Gasteiger partial charge is 0.375 e. The topological polar surface area (TPSA) is 45.7 Å². The van der Waals surface area contributed by atoms with Crippen LogP contribution in [0, 0.1) is 5.92 Å². The molecule has 3 aliphatic rings. The molecule has 24 heavy (non-hydrogen) atoms. The lowest BCUT2D eigenvalue weighted by atomic mass is 9.96. The summed E-state index contributed by atoms with van der Waals surface area (Å²) in [5.41, 5.74) is 1.22. The van der Waals surface area contributed by atoms with E-state index in [1.165, 1.54) is 5.56 Å². The fourth-order valence-corrected chi connectivity index (χ4v) is 4.14. The summed E-state index contributed by atoms with van der Waals surface area (Å²) in [6.07, 6.45) is 11.0. The number of aromatic nitrogens is 1. The number of rotatable bonds is 3. The molecular formula is C19H25N3O2. The van der Waals surface area contributed by atoms with Crippen molar-refractivity contribution in [3.05, 3.63) is 42.2 Å². The summed E-state index contributed by atoms with van der Waals surface area (Å²) in [6.45, 7) is 4.20. The Morgan fingerprint density at radius 1 is 1.29 bits per heavy atom. The molecule has 0 radical (unpaired) electrons. The zero-order chi connectivity index (χ0) is 16.4. The van der Waals surface area contributed by atoms with Crippen LogP contribution in [0.4, 0.5) is 0 Å². The number of hydrogen-bond donors (Lipinski definition) is 0. The van der Waals surface area contributed by atoms with E-state index in [-0.39, 0.29) is 12.0 Å². The van der Waals surface area contributed by atoms with Gasteiger partial charge in [-0.15, -0.1) is 0 Å². The molecule has 0 bridgehead atoms. The lowest BCUT2D eigenvalue weighted by Gasteiger charge is -2.47. The van der Waals surface area contributed by atoms with Gasteiger partial charge in [-0.2, -0.15) is 0 Å². The zero-order valence-electron chi connectivity index (χ0n) is 14.0. The molecule has 1 aliphatic carbocycles. The molecule has 0 aromatic carbocycles. The van der Waals surface area contributed by atoms with Gasteiger partial charge in [-0.1, -0.05) is 18.2 Å². The Labute approximate surface area is 143 Å². The van der Waals surface area contributed by atoms with Crippen LogP contribution in [0.1, 0.15) is 24.8 Å². The van der Waals surface area contributed by atoms with Crippen molar-refractivity contribution in [2.75, 3.05) is 26.2 Å². The average Bonchev–Trinajstić information content (AvgIpc) is 3.17. The molecule has 3 heterocycles. The van der Waals surface area contributed by atoms with Crippen molar-refractivity contribution in [2.45, 2.75) is 38.0 Å². The number of nitrogens with zero attached hydrogens (tertiary/aromatic N) is 3. The highest BCUT2D eigenvalue weighted by molar-refractivity contribution is 5.79. The molecule has 128 valence electrons. The summed E-state index contributed by atoms with van der Waals surface area (Å²) >= 11 is 0. The normalized spacial score (nSPS) is 28.1. The van der Waals surface area contributed by atoms with Gasteiger partial charge in [-0.3, -0.25) is 14.7 Å². The Morgan fingerprint density at radius 3 is 2.96 bits per heavy atom. The summed E-state index contributed by atoms with van der Waals surface area (Å²) in [4.78, 5) is 21.5. The molecule has 0 unspecified atom stereocenters. The van der Waals surface area contributed by atoms with Crippen molar-refractivity contribution in [3.8, 4) is 0 Å². The number of hydrogen-bond acceptors (Lipinski definition) is 4. The van der Waals surface area contributed by atoms with Gasteiger partial charge in [-0.25, -0.2) is 0 Å². The van der Waals surface area contributed by atoms with E-state index in [9.17, 15) is 4.79 Å². The van der Waals surface area contributed by atoms with Crippen LogP contribution in [0.2, 0.25) is 0 Å². The number of morpholine rings is 1. The minimum absolute atomic E-state index is 0.165. The molecule has 2 saturated heterocycles. The highest BCUT2D eigenvalue weighted by Crippen LogP contribution is 2.27. The van der Waals surface area contributed by atoms with Gasteiger partial charge in [0.2, 0.25) is 5.91 Å². The fraction of sp³-hybridized carbons (Fsp3) is 0.579. The molecule has 5 heteroatoms. The highest BCUT2D eigenvalue weighted by atomic mass is 16.5. The predicted octanol–water partition coefficient (Wildman–Crippen LogP) is 1.85. The predicted molar refractivity (Wildman–Crippen MR) is 91.2 cm³/mol. The first kappa shape index (κ1) is 15.8. The van der Waals surface area contributed by atoms with Gasteiger partial charge in [0.25, 0.3) is 0 Å². The van der Waals surface area contributed by atoms with Crippen LogP contribution in [0.15, 0.2) is 36.7 Å². The Bertz CT molecular complexity index is 596. The lowest BCUT2D eigenvalue weighted by Crippen LogP contribution is -2.60. The molecule has 0 spiro atoms. The minimum Gasteiger partial charge on any atom is -0.375 e. The maximum absolute atomic E-state index is 12.8. The molecule has 2 aliphatic heterocycles. The number of amides is 1. The van der Waals surface area contributed by atoms with Gasteiger partial charge in [0.05, 0.1) is 18.8 Å². The van der Waals surface area contributed by atoms with E-state index in [1.54, 1.807) is 0 Å². The third kappa shape index (κ3) is 3.23. The number of likely N-dealkylation sites (tertiary alicyclic amines) is 1. The molecule has 0 saturated carbocycles. The van der Waals surface area contributed by atoms with E-state index < -0.39 is 0 Å². The van der Waals surface area contributed by atoms with Gasteiger partial charge in [0.1, 0.15) is 0 Å². The number of fused-ring (bicyclic) bond motifs is 1. The van der Waals surface area contributed by atoms with Gasteiger partial charge < -0.3 is 9.64 Å². The number of piperidine rings is 1. The first-order valence-electron chi connectivity index (χ1n) is 8.99. The summed E-state index contributed by atoms with van der Waals surface area (Å²) < 4.78 is 6.00. The van der Waals surface area contributed by atoms with Crippen molar-refractivity contribution in [2.24, 2.45) is 5.92 Å². The van der Waals surface area contributed by atoms with E-state index >= 15 is 0 Å². The number of ether oxygens (including phenoxy) is 1. The Kier molecular flexibility index (Phi) is 4.63. The summed E-state index contributed by atoms with van der Waals surface area (Å²) in [7, 11) is 0. The fourth-order valence-electron chi connectivity index (χ4n) is 4.14. The minimum atomic E-state index is 0.165. The molecular weight excluding hydrogens is 302 g/mol. The quantitative estimate of drug-likeness (QED) is 0.795. The van der Waals surface area contributed by atoms with Crippen LogP contribution in [0.25, 0.3) is 0 Å². The third-order valence-corrected chi connectivity index (χ3v) is 5.48. The second kappa shape index (κ2) is 7.03. The van der Waals surface area contributed by atoms with Crippen molar-refractivity contribution >= 4 is 5.91 Å². The summed E-state index contributed by atoms with van der Waals surface area (Å²) in [5, 5.41) is 0. The standard InChI is InChI=1S/C19H25N3O2/c23-19(16-5-1-2-6-16)22-9-7-18-17(14-22)21(10-11-24-18)13-15-4-3-8-20-12-15/h1-4,8,12,16-18H,5-7,9-11,13-14H2/t17-,18-/m1/s1. The molecule has 2 fully saturated rings. The second-order valence-electron chi connectivity index (χ2n) is 7.02. The van der Waals surface area contributed by atoms with E-state index in [0.717, 1.165) is 52.0 Å². The third-order valence-electron chi connectivity index (χ3n) is 5.48. The van der Waals surface area contributed by atoms with E-state index in [2.05, 4.69) is 33.0 Å². The van der Waals surface area contributed by atoms with Gasteiger partial charge in [0.15, 0.2) is 0 Å². The SMILES string of the molecule is O=C(C1CC=CC1)N1CC[C@H]2OCCN(Cc3cccnc3)[C@@H]2C1. The number of carbonyl (C=O) groups is 1. The van der Waals surface area contributed by atoms with Gasteiger partial charge in [-0.05, 0) is 30.9 Å². The van der Waals surface area contributed by atoms with E-state index in [1.807, 2.05) is 18.5 Å². The molecule has 0 N–H and O–H groups in total.